The van der Waals surface area contributed by atoms with Crippen LogP contribution >= 0.6 is 0 Å². The topological polar surface area (TPSA) is 42.1 Å². The first kappa shape index (κ1) is 16.3. The first-order valence-corrected chi connectivity index (χ1v) is 8.60. The molecule has 0 amide bonds. The summed E-state index contributed by atoms with van der Waals surface area (Å²) in [5.74, 6) is 0.745. The lowest BCUT2D eigenvalue weighted by Gasteiger charge is -2.32. The second-order valence-corrected chi connectivity index (χ2v) is 6.77. The molecule has 1 heterocycles. The molecule has 1 saturated carbocycles. The standard InChI is InChI=1S/C18H31N3/c1-4-17(19)18-10-9-16(13-20-18)21(12-11-14(2)3)15-7-5-6-8-15/h9-10,13-15,17H,4-8,11-12,19H2,1-3H3/t17-/m1/s1. The molecule has 1 aromatic rings. The quantitative estimate of drug-likeness (QED) is 0.814. The second kappa shape index (κ2) is 7.79. The summed E-state index contributed by atoms with van der Waals surface area (Å²) >= 11 is 0. The maximum Gasteiger partial charge on any atom is 0.0572 e. The van der Waals surface area contributed by atoms with Crippen molar-refractivity contribution in [2.75, 3.05) is 11.4 Å². The summed E-state index contributed by atoms with van der Waals surface area (Å²) in [6.45, 7) is 7.85. The molecule has 0 aromatic carbocycles. The number of nitrogens with zero attached hydrogens (tertiary/aromatic N) is 2. The third-order valence-electron chi connectivity index (χ3n) is 4.63. The van der Waals surface area contributed by atoms with Crippen molar-refractivity contribution in [2.24, 2.45) is 11.7 Å². The molecule has 0 spiro atoms. The first-order valence-electron chi connectivity index (χ1n) is 8.60. The van der Waals surface area contributed by atoms with E-state index < -0.39 is 0 Å². The first-order chi connectivity index (χ1) is 10.1. The molecule has 2 N–H and O–H groups in total. The third-order valence-corrected chi connectivity index (χ3v) is 4.63. The van der Waals surface area contributed by atoms with Gasteiger partial charge in [-0.3, -0.25) is 4.98 Å². The van der Waals surface area contributed by atoms with Gasteiger partial charge < -0.3 is 10.6 Å². The van der Waals surface area contributed by atoms with Gasteiger partial charge in [-0.1, -0.05) is 33.6 Å². The Labute approximate surface area is 129 Å². The monoisotopic (exact) mass is 289 g/mol. The Morgan fingerprint density at radius 3 is 2.52 bits per heavy atom. The Morgan fingerprint density at radius 1 is 1.29 bits per heavy atom. The van der Waals surface area contributed by atoms with Crippen LogP contribution in [0.15, 0.2) is 18.3 Å². The van der Waals surface area contributed by atoms with Crippen LogP contribution in [-0.2, 0) is 0 Å². The van der Waals surface area contributed by atoms with Crippen molar-refractivity contribution in [3.05, 3.63) is 24.0 Å². The molecule has 0 bridgehead atoms. The van der Waals surface area contributed by atoms with Gasteiger partial charge >= 0.3 is 0 Å². The summed E-state index contributed by atoms with van der Waals surface area (Å²) in [6.07, 6.45) is 9.61. The largest absolute Gasteiger partial charge is 0.367 e. The van der Waals surface area contributed by atoms with Gasteiger partial charge in [-0.05, 0) is 43.7 Å². The lowest BCUT2D eigenvalue weighted by molar-refractivity contribution is 0.528. The predicted octanol–water partition coefficient (Wildman–Crippen LogP) is 4.29. The molecule has 3 heteroatoms. The number of nitrogens with two attached hydrogens (primary N) is 1. The fourth-order valence-electron chi connectivity index (χ4n) is 3.13. The van der Waals surface area contributed by atoms with Crippen molar-refractivity contribution in [3.8, 4) is 0 Å². The Hall–Kier alpha value is -1.09. The zero-order valence-electron chi connectivity index (χ0n) is 13.9. The fourth-order valence-corrected chi connectivity index (χ4v) is 3.13. The number of aromatic nitrogens is 1. The van der Waals surface area contributed by atoms with E-state index in [0.717, 1.165) is 24.6 Å². The minimum Gasteiger partial charge on any atom is -0.367 e. The number of hydrogen-bond donors (Lipinski definition) is 1. The normalized spacial score (nSPS) is 17.4. The van der Waals surface area contributed by atoms with E-state index in [0.29, 0.717) is 6.04 Å². The summed E-state index contributed by atoms with van der Waals surface area (Å²) < 4.78 is 0. The molecule has 1 aromatic heterocycles. The van der Waals surface area contributed by atoms with Gasteiger partial charge in [0.15, 0.2) is 0 Å². The maximum atomic E-state index is 6.06. The molecule has 0 saturated heterocycles. The summed E-state index contributed by atoms with van der Waals surface area (Å²) in [4.78, 5) is 7.19. The summed E-state index contributed by atoms with van der Waals surface area (Å²) in [6, 6.07) is 5.10. The molecule has 1 fully saturated rings. The van der Waals surface area contributed by atoms with E-state index in [1.165, 1.54) is 37.8 Å². The number of pyridine rings is 1. The maximum absolute atomic E-state index is 6.06. The Bertz CT molecular complexity index is 407. The van der Waals surface area contributed by atoms with Gasteiger partial charge in [0.05, 0.1) is 17.6 Å². The van der Waals surface area contributed by atoms with Crippen LogP contribution in [0.3, 0.4) is 0 Å². The number of hydrogen-bond acceptors (Lipinski definition) is 3. The molecule has 1 aliphatic carbocycles. The van der Waals surface area contributed by atoms with E-state index in [1.54, 1.807) is 0 Å². The number of anilines is 1. The van der Waals surface area contributed by atoms with E-state index >= 15 is 0 Å². The third kappa shape index (κ3) is 4.44. The van der Waals surface area contributed by atoms with Crippen LogP contribution < -0.4 is 10.6 Å². The van der Waals surface area contributed by atoms with Crippen molar-refractivity contribution in [1.29, 1.82) is 0 Å². The highest BCUT2D eigenvalue weighted by Crippen LogP contribution is 2.29. The van der Waals surface area contributed by atoms with Crippen molar-refractivity contribution in [3.63, 3.8) is 0 Å². The van der Waals surface area contributed by atoms with E-state index in [-0.39, 0.29) is 6.04 Å². The van der Waals surface area contributed by atoms with Gasteiger partial charge in [0.1, 0.15) is 0 Å². The molecule has 21 heavy (non-hydrogen) atoms. The Balaban J connectivity index is 2.11. The van der Waals surface area contributed by atoms with Crippen molar-refractivity contribution in [1.82, 2.24) is 4.98 Å². The minimum atomic E-state index is 0.0645. The lowest BCUT2D eigenvalue weighted by Crippen LogP contribution is -2.34. The molecule has 2 rings (SSSR count). The van der Waals surface area contributed by atoms with Crippen LogP contribution in [0.4, 0.5) is 5.69 Å². The van der Waals surface area contributed by atoms with Gasteiger partial charge in [0, 0.05) is 18.6 Å². The second-order valence-electron chi connectivity index (χ2n) is 6.77. The number of rotatable bonds is 7. The molecule has 1 atom stereocenters. The van der Waals surface area contributed by atoms with Crippen LogP contribution in [0.1, 0.15) is 71.0 Å². The van der Waals surface area contributed by atoms with Crippen molar-refractivity contribution >= 4 is 5.69 Å². The molecule has 118 valence electrons. The molecule has 3 nitrogen and oxygen atoms in total. The average molecular weight is 289 g/mol. The Kier molecular flexibility index (Phi) is 6.04. The molecule has 0 aliphatic heterocycles. The van der Waals surface area contributed by atoms with Crippen LogP contribution in [0.2, 0.25) is 0 Å². The highest BCUT2D eigenvalue weighted by Gasteiger charge is 2.23. The van der Waals surface area contributed by atoms with Gasteiger partial charge in [0.25, 0.3) is 0 Å². The molecule has 0 radical (unpaired) electrons. The fraction of sp³-hybridized carbons (Fsp3) is 0.722. The minimum absolute atomic E-state index is 0.0645. The smallest absolute Gasteiger partial charge is 0.0572 e. The summed E-state index contributed by atoms with van der Waals surface area (Å²) in [5, 5.41) is 0. The summed E-state index contributed by atoms with van der Waals surface area (Å²) in [7, 11) is 0. The van der Waals surface area contributed by atoms with E-state index in [2.05, 4.69) is 42.8 Å². The van der Waals surface area contributed by atoms with Gasteiger partial charge in [0.2, 0.25) is 0 Å². The highest BCUT2D eigenvalue weighted by atomic mass is 15.2. The van der Waals surface area contributed by atoms with Crippen LogP contribution in [0.25, 0.3) is 0 Å². The summed E-state index contributed by atoms with van der Waals surface area (Å²) in [5.41, 5.74) is 8.35. The van der Waals surface area contributed by atoms with Gasteiger partial charge in [-0.15, -0.1) is 0 Å². The predicted molar refractivity (Wildman–Crippen MR) is 90.5 cm³/mol. The molecule has 1 aliphatic rings. The molecule has 0 unspecified atom stereocenters. The van der Waals surface area contributed by atoms with Crippen molar-refractivity contribution in [2.45, 2.75) is 71.4 Å². The zero-order chi connectivity index (χ0) is 15.2. The van der Waals surface area contributed by atoms with E-state index in [1.807, 2.05) is 6.20 Å². The van der Waals surface area contributed by atoms with E-state index in [9.17, 15) is 0 Å². The van der Waals surface area contributed by atoms with Crippen LogP contribution in [0.5, 0.6) is 0 Å². The highest BCUT2D eigenvalue weighted by molar-refractivity contribution is 5.46. The van der Waals surface area contributed by atoms with Crippen LogP contribution in [-0.4, -0.2) is 17.6 Å². The Morgan fingerprint density at radius 2 is 2.00 bits per heavy atom. The van der Waals surface area contributed by atoms with Gasteiger partial charge in [-0.25, -0.2) is 0 Å². The molecular formula is C18H31N3. The SMILES string of the molecule is CC[C@@H](N)c1ccc(N(CCC(C)C)C2CCCC2)cn1. The zero-order valence-corrected chi connectivity index (χ0v) is 13.9. The lowest BCUT2D eigenvalue weighted by atomic mass is 10.1. The van der Waals surface area contributed by atoms with E-state index in [4.69, 9.17) is 5.73 Å². The molecular weight excluding hydrogens is 258 g/mol. The average Bonchev–Trinajstić information content (AvgIpc) is 3.01. The van der Waals surface area contributed by atoms with Gasteiger partial charge in [-0.2, -0.15) is 0 Å². The van der Waals surface area contributed by atoms with Crippen molar-refractivity contribution < 1.29 is 0 Å². The van der Waals surface area contributed by atoms with Crippen LogP contribution in [0, 0.1) is 5.92 Å².